The van der Waals surface area contributed by atoms with Crippen molar-refractivity contribution in [3.63, 3.8) is 0 Å². The minimum Gasteiger partial charge on any atom is -0.456 e. The van der Waals surface area contributed by atoms with Gasteiger partial charge in [-0.25, -0.2) is 4.98 Å². The van der Waals surface area contributed by atoms with E-state index in [0.717, 1.165) is 61.2 Å². The van der Waals surface area contributed by atoms with Gasteiger partial charge in [-0.3, -0.25) is 0 Å². The highest BCUT2D eigenvalue weighted by molar-refractivity contribution is 6.17. The van der Waals surface area contributed by atoms with Gasteiger partial charge in [0.1, 0.15) is 16.7 Å². The van der Waals surface area contributed by atoms with E-state index in [4.69, 9.17) is 13.8 Å². The van der Waals surface area contributed by atoms with Crippen LogP contribution in [0.25, 0.3) is 77.5 Å². The first kappa shape index (κ1) is 29.0. The number of hydrogen-bond acceptors (Lipinski definition) is 4. The van der Waals surface area contributed by atoms with E-state index in [1.54, 1.807) is 0 Å². The SMILES string of the molecule is c1ccc(-c2cccc(N(c3ccc(-c4cccc5ccccc45)cc3)c3ccc4oc5ccc6nc(-c7ccccc7)oc6c5c4c3)c2)cc1. The largest absolute Gasteiger partial charge is 0.456 e. The maximum absolute atomic E-state index is 6.47. The fourth-order valence-electron chi connectivity index (χ4n) is 7.25. The molecule has 0 saturated carbocycles. The summed E-state index contributed by atoms with van der Waals surface area (Å²) >= 11 is 0. The fourth-order valence-corrected chi connectivity index (χ4v) is 7.25. The van der Waals surface area contributed by atoms with Crippen molar-refractivity contribution in [3.8, 4) is 33.7 Å². The normalized spacial score (nSPS) is 11.5. The Morgan fingerprint density at radius 3 is 1.92 bits per heavy atom. The third-order valence-electron chi connectivity index (χ3n) is 9.69. The molecule has 2 heterocycles. The first-order valence-corrected chi connectivity index (χ1v) is 17.1. The molecule has 4 heteroatoms. The van der Waals surface area contributed by atoms with Crippen LogP contribution < -0.4 is 4.90 Å². The molecule has 0 aliphatic carbocycles. The van der Waals surface area contributed by atoms with Crippen LogP contribution in [0.15, 0.2) is 191 Å². The molecular weight excluding hydrogens is 625 g/mol. The van der Waals surface area contributed by atoms with E-state index < -0.39 is 0 Å². The number of rotatable bonds is 6. The van der Waals surface area contributed by atoms with Crippen molar-refractivity contribution in [2.75, 3.05) is 4.90 Å². The van der Waals surface area contributed by atoms with Crippen LogP contribution in [0.2, 0.25) is 0 Å². The van der Waals surface area contributed by atoms with E-state index in [-0.39, 0.29) is 0 Å². The van der Waals surface area contributed by atoms with Crippen molar-refractivity contribution in [1.82, 2.24) is 4.98 Å². The standard InChI is InChI=1S/C47H30N2O2/c1-3-11-31(12-4-1)35-17-9-18-37(29-35)49(36-23-21-33(22-24-36)40-20-10-16-32-13-7-8-19-39(32)40)38-25-27-43-41(30-38)45-44(50-43)28-26-42-46(45)51-47(48-42)34-14-5-2-6-15-34/h1-30H. The molecule has 240 valence electrons. The topological polar surface area (TPSA) is 42.4 Å². The van der Waals surface area contributed by atoms with Crippen LogP contribution in [0.4, 0.5) is 17.1 Å². The summed E-state index contributed by atoms with van der Waals surface area (Å²) in [6, 6.07) is 63.5. The molecule has 10 rings (SSSR count). The van der Waals surface area contributed by atoms with Crippen LogP contribution in [0.3, 0.4) is 0 Å². The summed E-state index contributed by atoms with van der Waals surface area (Å²) in [6.45, 7) is 0. The molecule has 0 fully saturated rings. The molecule has 0 atom stereocenters. The van der Waals surface area contributed by atoms with Gasteiger partial charge in [-0.15, -0.1) is 0 Å². The highest BCUT2D eigenvalue weighted by Gasteiger charge is 2.20. The lowest BCUT2D eigenvalue weighted by Gasteiger charge is -2.26. The predicted molar refractivity (Wildman–Crippen MR) is 210 cm³/mol. The average Bonchev–Trinajstić information content (AvgIpc) is 3.81. The molecule has 0 N–H and O–H groups in total. The smallest absolute Gasteiger partial charge is 0.227 e. The summed E-state index contributed by atoms with van der Waals surface area (Å²) in [4.78, 5) is 7.16. The van der Waals surface area contributed by atoms with Crippen LogP contribution >= 0.6 is 0 Å². The summed E-state index contributed by atoms with van der Waals surface area (Å²) < 4.78 is 12.9. The molecule has 0 aliphatic heterocycles. The fraction of sp³-hybridized carbons (Fsp3) is 0. The number of hydrogen-bond donors (Lipinski definition) is 0. The number of aromatic nitrogens is 1. The number of anilines is 3. The summed E-state index contributed by atoms with van der Waals surface area (Å²) in [5.41, 5.74) is 11.8. The zero-order chi connectivity index (χ0) is 33.7. The first-order chi connectivity index (χ1) is 25.3. The molecule has 0 bridgehead atoms. The van der Waals surface area contributed by atoms with Crippen LogP contribution in [-0.2, 0) is 0 Å². The van der Waals surface area contributed by atoms with Crippen molar-refractivity contribution in [2.45, 2.75) is 0 Å². The minimum atomic E-state index is 0.592. The third-order valence-corrected chi connectivity index (χ3v) is 9.69. The summed E-state index contributed by atoms with van der Waals surface area (Å²) in [5, 5.41) is 4.37. The lowest BCUT2D eigenvalue weighted by molar-refractivity contribution is 0.622. The Balaban J connectivity index is 1.15. The van der Waals surface area contributed by atoms with Gasteiger partial charge in [0.05, 0.1) is 5.39 Å². The maximum atomic E-state index is 6.47. The number of oxazole rings is 1. The van der Waals surface area contributed by atoms with E-state index in [0.29, 0.717) is 5.89 Å². The minimum absolute atomic E-state index is 0.592. The van der Waals surface area contributed by atoms with Gasteiger partial charge in [-0.2, -0.15) is 0 Å². The van der Waals surface area contributed by atoms with Crippen LogP contribution in [0.1, 0.15) is 0 Å². The molecule has 0 amide bonds. The molecule has 0 saturated heterocycles. The van der Waals surface area contributed by atoms with Gasteiger partial charge in [0, 0.05) is 28.0 Å². The molecule has 51 heavy (non-hydrogen) atoms. The second-order valence-electron chi connectivity index (χ2n) is 12.8. The lowest BCUT2D eigenvalue weighted by Crippen LogP contribution is -2.10. The molecule has 2 aromatic heterocycles. The van der Waals surface area contributed by atoms with Crippen LogP contribution in [0, 0.1) is 0 Å². The van der Waals surface area contributed by atoms with Gasteiger partial charge in [0.25, 0.3) is 0 Å². The maximum Gasteiger partial charge on any atom is 0.227 e. The Hall–Kier alpha value is -6.91. The van der Waals surface area contributed by atoms with E-state index in [1.165, 1.54) is 27.5 Å². The van der Waals surface area contributed by atoms with Gasteiger partial charge in [-0.1, -0.05) is 115 Å². The van der Waals surface area contributed by atoms with Crippen LogP contribution in [-0.4, -0.2) is 4.98 Å². The van der Waals surface area contributed by atoms with E-state index in [2.05, 4.69) is 144 Å². The molecule has 0 radical (unpaired) electrons. The highest BCUT2D eigenvalue weighted by Crippen LogP contribution is 2.42. The molecule has 0 aliphatic rings. The first-order valence-electron chi connectivity index (χ1n) is 17.1. The average molecular weight is 655 g/mol. The van der Waals surface area contributed by atoms with E-state index in [1.807, 2.05) is 42.5 Å². The zero-order valence-corrected chi connectivity index (χ0v) is 27.5. The number of furan rings is 1. The summed E-state index contributed by atoms with van der Waals surface area (Å²) in [7, 11) is 0. The Morgan fingerprint density at radius 2 is 1.08 bits per heavy atom. The Bertz CT molecular complexity index is 2850. The Morgan fingerprint density at radius 1 is 0.412 bits per heavy atom. The van der Waals surface area contributed by atoms with Crippen molar-refractivity contribution in [3.05, 3.63) is 182 Å². The quantitative estimate of drug-likeness (QED) is 0.179. The highest BCUT2D eigenvalue weighted by atomic mass is 16.4. The van der Waals surface area contributed by atoms with Gasteiger partial charge < -0.3 is 13.7 Å². The van der Waals surface area contributed by atoms with Gasteiger partial charge in [0.15, 0.2) is 5.58 Å². The number of benzene rings is 8. The molecular formula is C47H30N2O2. The molecule has 10 aromatic rings. The van der Waals surface area contributed by atoms with E-state index in [9.17, 15) is 0 Å². The number of fused-ring (bicyclic) bond motifs is 6. The van der Waals surface area contributed by atoms with Gasteiger partial charge >= 0.3 is 0 Å². The Labute approximate surface area is 294 Å². The van der Waals surface area contributed by atoms with Crippen molar-refractivity contribution in [2.24, 2.45) is 0 Å². The monoisotopic (exact) mass is 654 g/mol. The van der Waals surface area contributed by atoms with E-state index >= 15 is 0 Å². The second kappa shape index (κ2) is 11.9. The van der Waals surface area contributed by atoms with Crippen LogP contribution in [0.5, 0.6) is 0 Å². The van der Waals surface area contributed by atoms with Gasteiger partial charge in [0.2, 0.25) is 5.89 Å². The van der Waals surface area contributed by atoms with Crippen molar-refractivity contribution >= 4 is 60.9 Å². The lowest BCUT2D eigenvalue weighted by atomic mass is 9.98. The molecule has 4 nitrogen and oxygen atoms in total. The summed E-state index contributed by atoms with van der Waals surface area (Å²) in [6.07, 6.45) is 0. The number of nitrogens with zero attached hydrogens (tertiary/aromatic N) is 2. The Kier molecular flexibility index (Phi) is 6.78. The molecule has 0 spiro atoms. The van der Waals surface area contributed by atoms with Gasteiger partial charge in [-0.05, 0) is 99.8 Å². The zero-order valence-electron chi connectivity index (χ0n) is 27.5. The summed E-state index contributed by atoms with van der Waals surface area (Å²) in [5.74, 6) is 0.592. The van der Waals surface area contributed by atoms with Crippen molar-refractivity contribution in [1.29, 1.82) is 0 Å². The third kappa shape index (κ3) is 5.04. The second-order valence-corrected chi connectivity index (χ2v) is 12.8. The molecule has 8 aromatic carbocycles. The predicted octanol–water partition coefficient (Wildman–Crippen LogP) is 13.4. The van der Waals surface area contributed by atoms with Crippen molar-refractivity contribution < 1.29 is 8.83 Å². The molecule has 0 unspecified atom stereocenters.